The molecule has 0 saturated heterocycles. The third-order valence-electron chi connectivity index (χ3n) is 2.93. The lowest BCUT2D eigenvalue weighted by atomic mass is 10.2. The summed E-state index contributed by atoms with van der Waals surface area (Å²) in [7, 11) is -1.05. The minimum absolute atomic E-state index is 0.185. The van der Waals surface area contributed by atoms with Crippen molar-refractivity contribution in [3.63, 3.8) is 0 Å². The quantitative estimate of drug-likeness (QED) is 0.762. The van der Waals surface area contributed by atoms with E-state index in [1.54, 1.807) is 20.0 Å². The lowest BCUT2D eigenvalue weighted by molar-refractivity contribution is 0.582. The minimum Gasteiger partial charge on any atom is -0.312 e. The molecule has 0 aromatic carbocycles. The number of rotatable bonds is 6. The zero-order valence-electron chi connectivity index (χ0n) is 10.9. The fourth-order valence-corrected chi connectivity index (χ4v) is 2.29. The highest BCUT2D eigenvalue weighted by Gasteiger charge is 2.15. The first-order valence-corrected chi connectivity index (χ1v) is 7.46. The summed E-state index contributed by atoms with van der Waals surface area (Å²) in [6, 6.07) is 0. The van der Waals surface area contributed by atoms with Gasteiger partial charge in [0.25, 0.3) is 0 Å². The highest BCUT2D eigenvalue weighted by Crippen LogP contribution is 2.05. The third kappa shape index (κ3) is 3.81. The van der Waals surface area contributed by atoms with Crippen molar-refractivity contribution in [2.75, 3.05) is 12.3 Å². The van der Waals surface area contributed by atoms with Crippen molar-refractivity contribution >= 4 is 9.84 Å². The van der Waals surface area contributed by atoms with E-state index in [-0.39, 0.29) is 11.0 Å². The van der Waals surface area contributed by atoms with Crippen LogP contribution in [-0.2, 0) is 23.4 Å². The fraction of sp³-hybridized carbons (Fsp3) is 0.727. The van der Waals surface area contributed by atoms with E-state index in [4.69, 9.17) is 0 Å². The van der Waals surface area contributed by atoms with E-state index in [1.165, 1.54) is 0 Å². The average Bonchev–Trinajstić information content (AvgIpc) is 2.55. The molecule has 5 nitrogen and oxygen atoms in total. The van der Waals surface area contributed by atoms with Crippen LogP contribution >= 0.6 is 0 Å². The number of nitrogens with zero attached hydrogens (tertiary/aromatic N) is 2. The van der Waals surface area contributed by atoms with E-state index < -0.39 is 9.84 Å². The van der Waals surface area contributed by atoms with Crippen LogP contribution in [0.1, 0.15) is 25.1 Å². The SMILES string of the molecule is Cc1c(CNCCS(=O)(=O)C(C)C)cnn1C. The number of hydrogen-bond donors (Lipinski definition) is 1. The Kier molecular flexibility index (Phi) is 4.70. The molecule has 0 fully saturated rings. The Morgan fingerprint density at radius 3 is 2.59 bits per heavy atom. The zero-order valence-corrected chi connectivity index (χ0v) is 11.7. The highest BCUT2D eigenvalue weighted by molar-refractivity contribution is 7.92. The van der Waals surface area contributed by atoms with Crippen LogP contribution in [0.2, 0.25) is 0 Å². The average molecular weight is 259 g/mol. The molecule has 0 unspecified atom stereocenters. The van der Waals surface area contributed by atoms with Gasteiger partial charge in [-0.1, -0.05) is 0 Å². The van der Waals surface area contributed by atoms with Crippen LogP contribution in [0.4, 0.5) is 0 Å². The van der Waals surface area contributed by atoms with Crippen molar-refractivity contribution in [2.24, 2.45) is 7.05 Å². The molecule has 0 amide bonds. The molecule has 0 spiro atoms. The van der Waals surface area contributed by atoms with E-state index in [2.05, 4.69) is 10.4 Å². The Balaban J connectivity index is 2.37. The Morgan fingerprint density at radius 2 is 2.12 bits per heavy atom. The molecule has 1 aromatic heterocycles. The van der Waals surface area contributed by atoms with Crippen molar-refractivity contribution in [2.45, 2.75) is 32.6 Å². The number of nitrogens with one attached hydrogen (secondary N) is 1. The molecular weight excluding hydrogens is 238 g/mol. The van der Waals surface area contributed by atoms with E-state index >= 15 is 0 Å². The molecule has 0 bridgehead atoms. The normalized spacial score (nSPS) is 12.3. The van der Waals surface area contributed by atoms with Gasteiger partial charge in [-0.3, -0.25) is 4.68 Å². The van der Waals surface area contributed by atoms with E-state index in [0.29, 0.717) is 13.1 Å². The summed E-state index contributed by atoms with van der Waals surface area (Å²) in [5, 5.41) is 6.96. The second kappa shape index (κ2) is 5.64. The summed E-state index contributed by atoms with van der Waals surface area (Å²) >= 11 is 0. The standard InChI is InChI=1S/C11H21N3O2S/c1-9(2)17(15,16)6-5-12-7-11-8-13-14(4)10(11)3/h8-9,12H,5-7H2,1-4H3. The maximum atomic E-state index is 11.6. The minimum atomic E-state index is -2.94. The summed E-state index contributed by atoms with van der Waals surface area (Å²) in [4.78, 5) is 0. The summed E-state index contributed by atoms with van der Waals surface area (Å²) in [5.41, 5.74) is 2.21. The van der Waals surface area contributed by atoms with Gasteiger partial charge in [-0.2, -0.15) is 5.10 Å². The van der Waals surface area contributed by atoms with Gasteiger partial charge < -0.3 is 5.32 Å². The van der Waals surface area contributed by atoms with Gasteiger partial charge >= 0.3 is 0 Å². The Bertz CT molecular complexity index is 463. The van der Waals surface area contributed by atoms with Gasteiger partial charge in [0.2, 0.25) is 0 Å². The van der Waals surface area contributed by atoms with Crippen LogP contribution in [0.15, 0.2) is 6.20 Å². The topological polar surface area (TPSA) is 64.0 Å². The van der Waals surface area contributed by atoms with Gasteiger partial charge in [0.15, 0.2) is 9.84 Å². The molecule has 1 aromatic rings. The molecule has 0 aliphatic carbocycles. The molecular formula is C11H21N3O2S. The van der Waals surface area contributed by atoms with Gasteiger partial charge in [0.1, 0.15) is 0 Å². The van der Waals surface area contributed by atoms with Crippen molar-refractivity contribution in [3.8, 4) is 0 Å². The molecule has 1 N–H and O–H groups in total. The molecule has 1 rings (SSSR count). The first kappa shape index (κ1) is 14.2. The first-order chi connectivity index (χ1) is 7.84. The van der Waals surface area contributed by atoms with Gasteiger partial charge in [-0.15, -0.1) is 0 Å². The molecule has 0 saturated carbocycles. The van der Waals surface area contributed by atoms with Crippen LogP contribution in [0.3, 0.4) is 0 Å². The molecule has 98 valence electrons. The van der Waals surface area contributed by atoms with Crippen molar-refractivity contribution in [3.05, 3.63) is 17.5 Å². The molecule has 0 radical (unpaired) electrons. The molecule has 0 aliphatic heterocycles. The van der Waals surface area contributed by atoms with Crippen LogP contribution in [0.5, 0.6) is 0 Å². The Morgan fingerprint density at radius 1 is 1.47 bits per heavy atom. The fourth-order valence-electron chi connectivity index (χ4n) is 1.39. The summed E-state index contributed by atoms with van der Waals surface area (Å²) < 4.78 is 24.9. The van der Waals surface area contributed by atoms with Gasteiger partial charge in [0.05, 0.1) is 17.2 Å². The monoisotopic (exact) mass is 259 g/mol. The number of aryl methyl sites for hydroxylation is 1. The number of aromatic nitrogens is 2. The van der Waals surface area contributed by atoms with Gasteiger partial charge in [-0.25, -0.2) is 8.42 Å². The van der Waals surface area contributed by atoms with Crippen LogP contribution in [0, 0.1) is 6.92 Å². The zero-order chi connectivity index (χ0) is 13.1. The smallest absolute Gasteiger partial charge is 0.153 e. The number of sulfone groups is 1. The maximum absolute atomic E-state index is 11.6. The van der Waals surface area contributed by atoms with Gasteiger partial charge in [-0.05, 0) is 20.8 Å². The summed E-state index contributed by atoms with van der Waals surface area (Å²) in [5.74, 6) is 0.185. The predicted molar refractivity (Wildman–Crippen MR) is 68.6 cm³/mol. The number of hydrogen-bond acceptors (Lipinski definition) is 4. The van der Waals surface area contributed by atoms with Crippen molar-refractivity contribution in [1.82, 2.24) is 15.1 Å². The van der Waals surface area contributed by atoms with Crippen LogP contribution in [0.25, 0.3) is 0 Å². The largest absolute Gasteiger partial charge is 0.312 e. The van der Waals surface area contributed by atoms with E-state index in [0.717, 1.165) is 11.3 Å². The molecule has 0 aliphatic rings. The molecule has 6 heteroatoms. The van der Waals surface area contributed by atoms with Crippen molar-refractivity contribution < 1.29 is 8.42 Å². The van der Waals surface area contributed by atoms with Gasteiger partial charge in [0, 0.05) is 31.4 Å². The second-order valence-corrected chi connectivity index (χ2v) is 7.15. The molecule has 0 atom stereocenters. The predicted octanol–water partition coefficient (Wildman–Crippen LogP) is 0.641. The summed E-state index contributed by atoms with van der Waals surface area (Å²) in [6.07, 6.45) is 1.80. The Hall–Kier alpha value is -0.880. The maximum Gasteiger partial charge on any atom is 0.153 e. The second-order valence-electron chi connectivity index (χ2n) is 4.47. The molecule has 1 heterocycles. The van der Waals surface area contributed by atoms with E-state index in [1.807, 2.05) is 18.7 Å². The van der Waals surface area contributed by atoms with Crippen LogP contribution in [-0.4, -0.2) is 35.7 Å². The van der Waals surface area contributed by atoms with Crippen molar-refractivity contribution in [1.29, 1.82) is 0 Å². The molecule has 17 heavy (non-hydrogen) atoms. The third-order valence-corrected chi connectivity index (χ3v) is 5.14. The lowest BCUT2D eigenvalue weighted by Crippen LogP contribution is -2.27. The first-order valence-electron chi connectivity index (χ1n) is 5.74. The highest BCUT2D eigenvalue weighted by atomic mass is 32.2. The lowest BCUT2D eigenvalue weighted by Gasteiger charge is -2.08. The Labute approximate surface area is 103 Å². The van der Waals surface area contributed by atoms with E-state index in [9.17, 15) is 8.42 Å². The van der Waals surface area contributed by atoms with Crippen LogP contribution < -0.4 is 5.32 Å². The summed E-state index contributed by atoms with van der Waals surface area (Å²) in [6.45, 7) is 6.55.